The highest BCUT2D eigenvalue weighted by Crippen LogP contribution is 2.31. The average Bonchev–Trinajstić information content (AvgIpc) is 2.86. The fourth-order valence-corrected chi connectivity index (χ4v) is 3.11. The Bertz CT molecular complexity index is 1170. The Balaban J connectivity index is 1.44. The van der Waals surface area contributed by atoms with Crippen LogP contribution >= 0.6 is 23.2 Å². The lowest BCUT2D eigenvalue weighted by Gasteiger charge is -2.08. The van der Waals surface area contributed by atoms with Crippen molar-refractivity contribution in [3.63, 3.8) is 0 Å². The van der Waals surface area contributed by atoms with Gasteiger partial charge in [0.25, 0.3) is 5.91 Å². The number of nitrogens with zero attached hydrogens (tertiary/aromatic N) is 1. The molecule has 1 N–H and O–H groups in total. The van der Waals surface area contributed by atoms with Crippen molar-refractivity contribution in [2.45, 2.75) is 19.8 Å². The van der Waals surface area contributed by atoms with Crippen molar-refractivity contribution in [1.82, 2.24) is 5.43 Å². The van der Waals surface area contributed by atoms with Crippen LogP contribution in [-0.4, -0.2) is 31.3 Å². The normalized spacial score (nSPS) is 10.7. The van der Waals surface area contributed by atoms with Crippen LogP contribution in [0.1, 0.15) is 35.7 Å². The van der Waals surface area contributed by atoms with Crippen LogP contribution in [0.5, 0.6) is 17.2 Å². The first-order valence-electron chi connectivity index (χ1n) is 10.9. The fraction of sp³-hybridized carbons (Fsp3) is 0.192. The minimum absolute atomic E-state index is 0.236. The third-order valence-electron chi connectivity index (χ3n) is 4.63. The summed E-state index contributed by atoms with van der Waals surface area (Å²) < 4.78 is 16.3. The van der Waals surface area contributed by atoms with E-state index in [1.165, 1.54) is 6.21 Å². The van der Waals surface area contributed by atoms with Crippen LogP contribution in [0, 0.1) is 0 Å². The van der Waals surface area contributed by atoms with Crippen LogP contribution in [0.2, 0.25) is 10.0 Å². The molecule has 0 aliphatic rings. The third-order valence-corrected chi connectivity index (χ3v) is 5.43. The summed E-state index contributed by atoms with van der Waals surface area (Å²) in [6, 6.07) is 18.4. The minimum atomic E-state index is -0.474. The zero-order chi connectivity index (χ0) is 25.0. The number of halogens is 2. The summed E-state index contributed by atoms with van der Waals surface area (Å²) in [5.74, 6) is 0.458. The van der Waals surface area contributed by atoms with Gasteiger partial charge in [0.15, 0.2) is 6.61 Å². The SMILES string of the molecule is CCCCOc1ccc(C(=O)Oc2ccc(/C=N\NC(=O)COc3cccc(Cl)c3Cl)cc2)cc1. The molecule has 3 aromatic rings. The Labute approximate surface area is 213 Å². The Hall–Kier alpha value is -3.55. The van der Waals surface area contributed by atoms with Gasteiger partial charge in [-0.25, -0.2) is 10.2 Å². The summed E-state index contributed by atoms with van der Waals surface area (Å²) in [5.41, 5.74) is 3.47. The van der Waals surface area contributed by atoms with Crippen molar-refractivity contribution < 1.29 is 23.8 Å². The number of esters is 1. The monoisotopic (exact) mass is 514 g/mol. The second-order valence-electron chi connectivity index (χ2n) is 7.32. The zero-order valence-corrected chi connectivity index (χ0v) is 20.5. The molecule has 0 aliphatic heterocycles. The van der Waals surface area contributed by atoms with Crippen molar-refractivity contribution >= 4 is 41.3 Å². The van der Waals surface area contributed by atoms with Crippen LogP contribution in [0.25, 0.3) is 0 Å². The summed E-state index contributed by atoms with van der Waals surface area (Å²) in [5, 5.41) is 4.45. The molecule has 35 heavy (non-hydrogen) atoms. The molecule has 0 fully saturated rings. The predicted octanol–water partition coefficient (Wildman–Crippen LogP) is 5.92. The Morgan fingerprint density at radius 1 is 0.943 bits per heavy atom. The van der Waals surface area contributed by atoms with E-state index in [4.69, 9.17) is 37.4 Å². The van der Waals surface area contributed by atoms with E-state index in [1.54, 1.807) is 66.7 Å². The van der Waals surface area contributed by atoms with E-state index in [2.05, 4.69) is 17.5 Å². The van der Waals surface area contributed by atoms with Crippen LogP contribution in [0.3, 0.4) is 0 Å². The first-order chi connectivity index (χ1) is 17.0. The maximum Gasteiger partial charge on any atom is 0.343 e. The van der Waals surface area contributed by atoms with Crippen molar-refractivity contribution in [1.29, 1.82) is 0 Å². The van der Waals surface area contributed by atoms with E-state index in [0.717, 1.165) is 12.8 Å². The molecular formula is C26H24Cl2N2O5. The molecule has 7 nitrogen and oxygen atoms in total. The van der Waals surface area contributed by atoms with E-state index in [0.29, 0.717) is 40.0 Å². The number of ether oxygens (including phenoxy) is 3. The van der Waals surface area contributed by atoms with Crippen LogP contribution < -0.4 is 19.6 Å². The first kappa shape index (κ1) is 26.1. The lowest BCUT2D eigenvalue weighted by atomic mass is 10.2. The number of amides is 1. The van der Waals surface area contributed by atoms with Gasteiger partial charge in [0.2, 0.25) is 0 Å². The van der Waals surface area contributed by atoms with Gasteiger partial charge in [-0.3, -0.25) is 4.79 Å². The molecule has 0 aromatic heterocycles. The Morgan fingerprint density at radius 2 is 1.66 bits per heavy atom. The number of rotatable bonds is 11. The number of hydrogen-bond donors (Lipinski definition) is 1. The summed E-state index contributed by atoms with van der Waals surface area (Å²) in [4.78, 5) is 24.3. The largest absolute Gasteiger partial charge is 0.494 e. The number of hydrogen-bond acceptors (Lipinski definition) is 6. The second-order valence-corrected chi connectivity index (χ2v) is 8.10. The molecule has 0 saturated heterocycles. The lowest BCUT2D eigenvalue weighted by molar-refractivity contribution is -0.123. The van der Waals surface area contributed by atoms with Crippen LogP contribution in [-0.2, 0) is 4.79 Å². The highest BCUT2D eigenvalue weighted by molar-refractivity contribution is 6.42. The van der Waals surface area contributed by atoms with Gasteiger partial charge in [-0.15, -0.1) is 0 Å². The molecule has 1 amide bonds. The maximum absolute atomic E-state index is 12.4. The highest BCUT2D eigenvalue weighted by Gasteiger charge is 2.10. The molecule has 0 aliphatic carbocycles. The highest BCUT2D eigenvalue weighted by atomic mass is 35.5. The molecule has 0 saturated carbocycles. The summed E-state index contributed by atoms with van der Waals surface area (Å²) >= 11 is 11.9. The Morgan fingerprint density at radius 3 is 2.37 bits per heavy atom. The maximum atomic E-state index is 12.4. The molecule has 3 rings (SSSR count). The van der Waals surface area contributed by atoms with Crippen molar-refractivity contribution in [3.8, 4) is 17.2 Å². The molecule has 3 aromatic carbocycles. The van der Waals surface area contributed by atoms with E-state index in [9.17, 15) is 9.59 Å². The fourth-order valence-electron chi connectivity index (χ4n) is 2.76. The van der Waals surface area contributed by atoms with Gasteiger partial charge >= 0.3 is 5.97 Å². The van der Waals surface area contributed by atoms with Crippen LogP contribution in [0.15, 0.2) is 71.8 Å². The molecule has 0 unspecified atom stereocenters. The van der Waals surface area contributed by atoms with Crippen molar-refractivity contribution in [2.75, 3.05) is 13.2 Å². The number of nitrogens with one attached hydrogen (secondary N) is 1. The molecule has 0 bridgehead atoms. The smallest absolute Gasteiger partial charge is 0.343 e. The number of carbonyl (C=O) groups excluding carboxylic acids is 2. The second kappa shape index (κ2) is 13.4. The lowest BCUT2D eigenvalue weighted by Crippen LogP contribution is -2.24. The van der Waals surface area contributed by atoms with Gasteiger partial charge in [-0.2, -0.15) is 5.10 Å². The molecule has 0 spiro atoms. The van der Waals surface area contributed by atoms with Gasteiger partial charge in [0, 0.05) is 0 Å². The van der Waals surface area contributed by atoms with Crippen molar-refractivity contribution in [2.24, 2.45) is 5.10 Å². The number of unbranched alkanes of at least 4 members (excludes halogenated alkanes) is 1. The number of hydrazone groups is 1. The quantitative estimate of drug-likeness (QED) is 0.113. The summed E-state index contributed by atoms with van der Waals surface area (Å²) in [6.45, 7) is 2.46. The first-order valence-corrected chi connectivity index (χ1v) is 11.7. The van der Waals surface area contributed by atoms with Gasteiger partial charge in [-0.1, -0.05) is 42.6 Å². The Kier molecular flexibility index (Phi) is 9.95. The van der Waals surface area contributed by atoms with E-state index < -0.39 is 11.9 Å². The molecule has 0 heterocycles. The predicted molar refractivity (Wildman–Crippen MR) is 136 cm³/mol. The zero-order valence-electron chi connectivity index (χ0n) is 19.0. The molecule has 0 radical (unpaired) electrons. The number of carbonyl (C=O) groups is 2. The molecule has 182 valence electrons. The minimum Gasteiger partial charge on any atom is -0.494 e. The van der Waals surface area contributed by atoms with Gasteiger partial charge in [0.1, 0.15) is 22.3 Å². The summed E-state index contributed by atoms with van der Waals surface area (Å²) in [7, 11) is 0. The van der Waals surface area contributed by atoms with Crippen LogP contribution in [0.4, 0.5) is 0 Å². The molecular weight excluding hydrogens is 491 g/mol. The van der Waals surface area contributed by atoms with Gasteiger partial charge in [-0.05, 0) is 72.6 Å². The summed E-state index contributed by atoms with van der Waals surface area (Å²) in [6.07, 6.45) is 3.48. The van der Waals surface area contributed by atoms with E-state index >= 15 is 0 Å². The average molecular weight is 515 g/mol. The van der Waals surface area contributed by atoms with Gasteiger partial charge in [0.05, 0.1) is 23.4 Å². The molecule has 9 heteroatoms. The molecule has 0 atom stereocenters. The number of benzene rings is 3. The topological polar surface area (TPSA) is 86.2 Å². The van der Waals surface area contributed by atoms with Gasteiger partial charge < -0.3 is 14.2 Å². The van der Waals surface area contributed by atoms with E-state index in [-0.39, 0.29) is 11.6 Å². The third kappa shape index (κ3) is 8.31. The van der Waals surface area contributed by atoms with Crippen molar-refractivity contribution in [3.05, 3.63) is 87.9 Å². The standard InChI is InChI=1S/C26H24Cl2N2O5/c1-2-3-15-33-20-13-9-19(10-14-20)26(32)35-21-11-7-18(8-12-21)16-29-30-24(31)17-34-23-6-4-5-22(27)25(23)28/h4-14,16H,2-3,15,17H2,1H3,(H,30,31)/b29-16-. The van der Waals surface area contributed by atoms with E-state index in [1.807, 2.05) is 0 Å².